The molecular formula is C19H15N3O5. The van der Waals surface area contributed by atoms with E-state index in [9.17, 15) is 9.59 Å². The predicted octanol–water partition coefficient (Wildman–Crippen LogP) is 2.62. The third-order valence-corrected chi connectivity index (χ3v) is 4.14. The summed E-state index contributed by atoms with van der Waals surface area (Å²) >= 11 is 0. The average Bonchev–Trinajstić information content (AvgIpc) is 3.14. The van der Waals surface area contributed by atoms with Crippen molar-refractivity contribution in [2.45, 2.75) is 12.6 Å². The first kappa shape index (κ1) is 16.6. The Morgan fingerprint density at radius 1 is 1.15 bits per heavy atom. The van der Waals surface area contributed by atoms with Gasteiger partial charge in [0.05, 0.1) is 6.54 Å². The van der Waals surface area contributed by atoms with E-state index < -0.39 is 12.1 Å². The number of furan rings is 1. The molecule has 0 aliphatic carbocycles. The van der Waals surface area contributed by atoms with Crippen LogP contribution in [0.3, 0.4) is 0 Å². The highest BCUT2D eigenvalue weighted by Crippen LogP contribution is 2.38. The lowest BCUT2D eigenvalue weighted by molar-refractivity contribution is -0.126. The smallest absolute Gasteiger partial charge is 0.371 e. The number of hydrogen-bond donors (Lipinski definition) is 2. The zero-order valence-corrected chi connectivity index (χ0v) is 14.0. The Morgan fingerprint density at radius 3 is 2.63 bits per heavy atom. The largest absolute Gasteiger partial charge is 0.475 e. The van der Waals surface area contributed by atoms with Crippen LogP contribution in [0.4, 0.5) is 11.6 Å². The summed E-state index contributed by atoms with van der Waals surface area (Å²) in [5, 5.41) is 9.02. The van der Waals surface area contributed by atoms with Gasteiger partial charge in [-0.3, -0.25) is 9.69 Å². The number of carbonyl (C=O) groups excluding carboxylic acids is 1. The minimum Gasteiger partial charge on any atom is -0.475 e. The number of ether oxygens (including phenoxy) is 1. The second-order valence-electron chi connectivity index (χ2n) is 5.96. The molecule has 1 aromatic carbocycles. The molecule has 3 heterocycles. The fourth-order valence-electron chi connectivity index (χ4n) is 2.88. The number of benzene rings is 1. The lowest BCUT2D eigenvalue weighted by Gasteiger charge is -2.33. The van der Waals surface area contributed by atoms with Crippen molar-refractivity contribution in [2.24, 2.45) is 0 Å². The zero-order valence-electron chi connectivity index (χ0n) is 14.0. The summed E-state index contributed by atoms with van der Waals surface area (Å²) in [6, 6.07) is 15.2. The number of hydrogen-bond acceptors (Lipinski definition) is 6. The molecule has 8 nitrogen and oxygen atoms in total. The topological polar surface area (TPSA) is 119 Å². The van der Waals surface area contributed by atoms with Gasteiger partial charge in [-0.25, -0.2) is 9.78 Å². The van der Waals surface area contributed by atoms with Gasteiger partial charge in [0, 0.05) is 5.56 Å². The van der Waals surface area contributed by atoms with E-state index in [1.807, 2.05) is 18.2 Å². The van der Waals surface area contributed by atoms with Crippen molar-refractivity contribution in [1.29, 1.82) is 0 Å². The molecule has 0 radical (unpaired) electrons. The van der Waals surface area contributed by atoms with E-state index in [0.29, 0.717) is 17.1 Å². The molecule has 27 heavy (non-hydrogen) atoms. The number of aromatic carboxylic acids is 1. The van der Waals surface area contributed by atoms with Crippen LogP contribution in [0.2, 0.25) is 0 Å². The summed E-state index contributed by atoms with van der Waals surface area (Å²) < 4.78 is 11.2. The van der Waals surface area contributed by atoms with Crippen molar-refractivity contribution < 1.29 is 23.8 Å². The highest BCUT2D eigenvalue weighted by atomic mass is 16.5. The number of amides is 1. The Bertz CT molecular complexity index is 1020. The van der Waals surface area contributed by atoms with Gasteiger partial charge in [-0.05, 0) is 24.3 Å². The Morgan fingerprint density at radius 2 is 1.93 bits per heavy atom. The summed E-state index contributed by atoms with van der Waals surface area (Å²) in [5.41, 5.74) is 6.46. The lowest BCUT2D eigenvalue weighted by Crippen LogP contribution is -2.41. The molecule has 1 unspecified atom stereocenters. The molecule has 1 aliphatic rings. The maximum Gasteiger partial charge on any atom is 0.371 e. The molecule has 0 bridgehead atoms. The molecule has 1 aliphatic heterocycles. The monoisotopic (exact) mass is 365 g/mol. The quantitative estimate of drug-likeness (QED) is 0.729. The van der Waals surface area contributed by atoms with E-state index in [0.717, 1.165) is 0 Å². The van der Waals surface area contributed by atoms with Gasteiger partial charge in [0.1, 0.15) is 11.6 Å². The number of nitrogens with zero attached hydrogens (tertiary/aromatic N) is 2. The number of rotatable bonds is 4. The normalized spacial score (nSPS) is 15.9. The van der Waals surface area contributed by atoms with Crippen LogP contribution in [-0.2, 0) is 11.3 Å². The highest BCUT2D eigenvalue weighted by Gasteiger charge is 2.37. The van der Waals surface area contributed by atoms with E-state index >= 15 is 0 Å². The number of carboxylic acids is 1. The molecule has 0 saturated heterocycles. The number of carboxylic acid groups (broad SMARTS) is 1. The summed E-state index contributed by atoms with van der Waals surface area (Å²) in [4.78, 5) is 29.7. The van der Waals surface area contributed by atoms with Crippen LogP contribution in [0.5, 0.6) is 5.75 Å². The van der Waals surface area contributed by atoms with Crippen LogP contribution in [0.1, 0.15) is 28.0 Å². The van der Waals surface area contributed by atoms with E-state index in [1.54, 1.807) is 24.3 Å². The Balaban J connectivity index is 1.74. The molecule has 1 atom stereocenters. The number of anilines is 2. The molecule has 0 saturated carbocycles. The summed E-state index contributed by atoms with van der Waals surface area (Å²) in [6.07, 6.45) is -0.849. The van der Waals surface area contributed by atoms with Crippen LogP contribution >= 0.6 is 0 Å². The van der Waals surface area contributed by atoms with Crippen molar-refractivity contribution in [3.63, 3.8) is 0 Å². The lowest BCUT2D eigenvalue weighted by atomic mass is 10.1. The van der Waals surface area contributed by atoms with Gasteiger partial charge in [-0.2, -0.15) is 0 Å². The van der Waals surface area contributed by atoms with Crippen LogP contribution in [0, 0.1) is 0 Å². The molecule has 3 N–H and O–H groups in total. The van der Waals surface area contributed by atoms with Gasteiger partial charge in [-0.1, -0.05) is 30.3 Å². The van der Waals surface area contributed by atoms with Crippen molar-refractivity contribution in [3.05, 3.63) is 71.7 Å². The third kappa shape index (κ3) is 3.08. The number of aromatic nitrogens is 1. The Hall–Kier alpha value is -3.81. The van der Waals surface area contributed by atoms with E-state index in [-0.39, 0.29) is 29.8 Å². The second kappa shape index (κ2) is 6.49. The van der Waals surface area contributed by atoms with Crippen molar-refractivity contribution in [1.82, 2.24) is 4.98 Å². The standard InChI is InChI=1S/C19H15N3O5/c20-15-9-8-13-17(21-15)22(10-12-6-7-14(26-12)19(24)25)18(23)16(27-13)11-4-2-1-3-5-11/h1-9,16H,10H2,(H2,20,21)(H,24,25). The fourth-order valence-corrected chi connectivity index (χ4v) is 2.88. The first-order valence-corrected chi connectivity index (χ1v) is 8.14. The van der Waals surface area contributed by atoms with Gasteiger partial charge < -0.3 is 20.0 Å². The molecule has 136 valence electrons. The number of nitrogen functional groups attached to an aromatic ring is 1. The average molecular weight is 365 g/mol. The highest BCUT2D eigenvalue weighted by molar-refractivity contribution is 5.99. The Kier molecular flexibility index (Phi) is 4.00. The van der Waals surface area contributed by atoms with Crippen molar-refractivity contribution >= 4 is 23.5 Å². The fraction of sp³-hybridized carbons (Fsp3) is 0.105. The minimum atomic E-state index is -1.18. The first-order chi connectivity index (χ1) is 13.0. The van der Waals surface area contributed by atoms with E-state index in [4.69, 9.17) is 20.0 Å². The number of carbonyl (C=O) groups is 2. The maximum atomic E-state index is 13.1. The Labute approximate surface area is 153 Å². The molecule has 4 rings (SSSR count). The number of fused-ring (bicyclic) bond motifs is 1. The van der Waals surface area contributed by atoms with Gasteiger partial charge >= 0.3 is 5.97 Å². The molecule has 0 fully saturated rings. The van der Waals surface area contributed by atoms with Gasteiger partial charge in [-0.15, -0.1) is 0 Å². The van der Waals surface area contributed by atoms with Crippen LogP contribution in [0.25, 0.3) is 0 Å². The number of pyridine rings is 1. The first-order valence-electron chi connectivity index (χ1n) is 8.14. The second-order valence-corrected chi connectivity index (χ2v) is 5.96. The van der Waals surface area contributed by atoms with Crippen LogP contribution in [-0.4, -0.2) is 22.0 Å². The maximum absolute atomic E-state index is 13.1. The van der Waals surface area contributed by atoms with Crippen LogP contribution < -0.4 is 15.4 Å². The van der Waals surface area contributed by atoms with Crippen molar-refractivity contribution in [3.8, 4) is 5.75 Å². The predicted molar refractivity (Wildman–Crippen MR) is 95.3 cm³/mol. The SMILES string of the molecule is Nc1ccc2c(n1)N(Cc1ccc(C(=O)O)o1)C(=O)C(c1ccccc1)O2. The van der Waals surface area contributed by atoms with E-state index in [1.165, 1.54) is 17.0 Å². The molecule has 8 heteroatoms. The van der Waals surface area contributed by atoms with Crippen LogP contribution in [0.15, 0.2) is 59.0 Å². The van der Waals surface area contributed by atoms with Gasteiger partial charge in [0.25, 0.3) is 5.91 Å². The summed E-state index contributed by atoms with van der Waals surface area (Å²) in [6.45, 7) is 0.00224. The molecule has 2 aromatic heterocycles. The molecule has 3 aromatic rings. The molecule has 0 spiro atoms. The summed E-state index contributed by atoms with van der Waals surface area (Å²) in [7, 11) is 0. The third-order valence-electron chi connectivity index (χ3n) is 4.14. The minimum absolute atomic E-state index is 0.00224. The van der Waals surface area contributed by atoms with Crippen molar-refractivity contribution in [2.75, 3.05) is 10.6 Å². The molecule has 1 amide bonds. The zero-order chi connectivity index (χ0) is 19.0. The summed E-state index contributed by atoms with van der Waals surface area (Å²) in [5.74, 6) is -0.516. The molecular weight excluding hydrogens is 350 g/mol. The van der Waals surface area contributed by atoms with E-state index in [2.05, 4.69) is 4.98 Å². The van der Waals surface area contributed by atoms with Gasteiger partial charge in [0.2, 0.25) is 11.9 Å². The van der Waals surface area contributed by atoms with Gasteiger partial charge in [0.15, 0.2) is 11.6 Å². The number of nitrogens with two attached hydrogens (primary N) is 1.